The molecule has 2 heterocycles. The highest BCUT2D eigenvalue weighted by Gasteiger charge is 2.17. The van der Waals surface area contributed by atoms with Crippen LogP contribution >= 0.6 is 0 Å². The molecule has 5 nitrogen and oxygen atoms in total. The number of aromatic amines is 1. The van der Waals surface area contributed by atoms with Gasteiger partial charge in [0, 0.05) is 24.3 Å². The fourth-order valence-corrected chi connectivity index (χ4v) is 1.75. The number of esters is 1. The molecule has 0 atom stereocenters. The molecule has 0 amide bonds. The molecule has 0 fully saturated rings. The number of nitrogens with one attached hydrogen (secondary N) is 1. The van der Waals surface area contributed by atoms with E-state index in [0.29, 0.717) is 18.9 Å². The second kappa shape index (κ2) is 4.97. The number of nitrogens with zero attached hydrogens (tertiary/aromatic N) is 1. The van der Waals surface area contributed by atoms with Crippen LogP contribution in [0.25, 0.3) is 10.9 Å². The Kier molecular flexibility index (Phi) is 3.39. The number of aromatic nitrogens is 2. The Morgan fingerprint density at radius 1 is 1.53 bits per heavy atom. The molecular formula is C12H14N2O3. The number of methoxy groups -OCH3 is 1. The van der Waals surface area contributed by atoms with Gasteiger partial charge in [0.2, 0.25) is 0 Å². The maximum absolute atomic E-state index is 11.8. The highest BCUT2D eigenvalue weighted by molar-refractivity contribution is 5.95. The predicted octanol–water partition coefficient (Wildman–Crippen LogP) is 1.89. The zero-order valence-electron chi connectivity index (χ0n) is 9.82. The molecule has 1 N–H and O–H groups in total. The summed E-state index contributed by atoms with van der Waals surface area (Å²) >= 11 is 0. The minimum absolute atomic E-state index is 0.320. The van der Waals surface area contributed by atoms with Crippen molar-refractivity contribution in [3.63, 3.8) is 0 Å². The quantitative estimate of drug-likeness (QED) is 0.820. The smallest absolute Gasteiger partial charge is 0.357 e. The molecule has 2 rings (SSSR count). The van der Waals surface area contributed by atoms with Crippen molar-refractivity contribution in [2.75, 3.05) is 13.7 Å². The van der Waals surface area contributed by atoms with Gasteiger partial charge in [0.15, 0.2) is 5.69 Å². The molecule has 0 radical (unpaired) electrons. The van der Waals surface area contributed by atoms with Gasteiger partial charge in [-0.2, -0.15) is 0 Å². The van der Waals surface area contributed by atoms with Gasteiger partial charge in [-0.1, -0.05) is 0 Å². The molecule has 2 aromatic heterocycles. The number of rotatable bonds is 4. The molecule has 0 bridgehead atoms. The third-order valence-corrected chi connectivity index (χ3v) is 2.47. The molecule has 0 saturated heterocycles. The normalized spacial score (nSPS) is 10.7. The van der Waals surface area contributed by atoms with Gasteiger partial charge in [-0.05, 0) is 13.0 Å². The Morgan fingerprint density at radius 2 is 2.35 bits per heavy atom. The molecule has 90 valence electrons. The summed E-state index contributed by atoms with van der Waals surface area (Å²) in [7, 11) is 1.58. The van der Waals surface area contributed by atoms with Gasteiger partial charge in [0.25, 0.3) is 0 Å². The van der Waals surface area contributed by atoms with Crippen molar-refractivity contribution in [1.29, 1.82) is 0 Å². The molecular weight excluding hydrogens is 220 g/mol. The van der Waals surface area contributed by atoms with E-state index in [1.54, 1.807) is 26.4 Å². The van der Waals surface area contributed by atoms with Crippen molar-refractivity contribution >= 4 is 16.9 Å². The molecule has 0 aromatic carbocycles. The molecule has 0 saturated carbocycles. The van der Waals surface area contributed by atoms with Crippen molar-refractivity contribution in [3.05, 3.63) is 29.7 Å². The summed E-state index contributed by atoms with van der Waals surface area (Å²) in [6.45, 7) is 2.43. The zero-order valence-corrected chi connectivity index (χ0v) is 9.82. The van der Waals surface area contributed by atoms with Crippen LogP contribution in [0.1, 0.15) is 23.0 Å². The fourth-order valence-electron chi connectivity index (χ4n) is 1.75. The Labute approximate surface area is 98.8 Å². The summed E-state index contributed by atoms with van der Waals surface area (Å²) in [4.78, 5) is 18.9. The molecule has 0 aliphatic heterocycles. The second-order valence-corrected chi connectivity index (χ2v) is 3.54. The van der Waals surface area contributed by atoms with E-state index in [0.717, 1.165) is 16.5 Å². The third-order valence-electron chi connectivity index (χ3n) is 2.47. The molecule has 0 aliphatic carbocycles. The predicted molar refractivity (Wildman–Crippen MR) is 62.8 cm³/mol. The topological polar surface area (TPSA) is 64.2 Å². The number of hydrogen-bond donors (Lipinski definition) is 1. The van der Waals surface area contributed by atoms with E-state index in [4.69, 9.17) is 9.47 Å². The Hall–Kier alpha value is -1.88. The van der Waals surface area contributed by atoms with Crippen LogP contribution in [-0.2, 0) is 16.1 Å². The van der Waals surface area contributed by atoms with Crippen LogP contribution < -0.4 is 0 Å². The summed E-state index contributed by atoms with van der Waals surface area (Å²) in [5.41, 5.74) is 1.95. The lowest BCUT2D eigenvalue weighted by molar-refractivity contribution is 0.0514. The van der Waals surface area contributed by atoms with Crippen LogP contribution in [0.4, 0.5) is 0 Å². The Morgan fingerprint density at radius 3 is 3.06 bits per heavy atom. The second-order valence-electron chi connectivity index (χ2n) is 3.54. The molecule has 17 heavy (non-hydrogen) atoms. The Balaban J connectivity index is 2.53. The van der Waals surface area contributed by atoms with Crippen LogP contribution in [0.3, 0.4) is 0 Å². The van der Waals surface area contributed by atoms with E-state index in [9.17, 15) is 4.79 Å². The summed E-state index contributed by atoms with van der Waals surface area (Å²) in [5, 5.41) is 0.935. The van der Waals surface area contributed by atoms with Crippen LogP contribution in [-0.4, -0.2) is 29.7 Å². The first-order chi connectivity index (χ1) is 8.27. The van der Waals surface area contributed by atoms with Crippen molar-refractivity contribution in [2.45, 2.75) is 13.5 Å². The molecule has 0 spiro atoms. The first-order valence-corrected chi connectivity index (χ1v) is 5.39. The first kappa shape index (κ1) is 11.6. The zero-order chi connectivity index (χ0) is 12.3. The number of carbonyl (C=O) groups is 1. The van der Waals surface area contributed by atoms with Crippen molar-refractivity contribution in [1.82, 2.24) is 9.97 Å². The summed E-state index contributed by atoms with van der Waals surface area (Å²) in [6.07, 6.45) is 3.43. The van der Waals surface area contributed by atoms with E-state index in [2.05, 4.69) is 9.97 Å². The lowest BCUT2D eigenvalue weighted by Gasteiger charge is -2.08. The third kappa shape index (κ3) is 2.14. The number of carbonyl (C=O) groups excluding carboxylic acids is 1. The molecule has 0 aliphatic rings. The van der Waals surface area contributed by atoms with Crippen molar-refractivity contribution in [3.8, 4) is 0 Å². The van der Waals surface area contributed by atoms with Crippen LogP contribution in [0.2, 0.25) is 0 Å². The van der Waals surface area contributed by atoms with Gasteiger partial charge >= 0.3 is 5.97 Å². The van der Waals surface area contributed by atoms with Crippen molar-refractivity contribution < 1.29 is 14.3 Å². The molecule has 5 heteroatoms. The van der Waals surface area contributed by atoms with Gasteiger partial charge in [0.05, 0.1) is 24.9 Å². The first-order valence-electron chi connectivity index (χ1n) is 5.39. The van der Waals surface area contributed by atoms with Gasteiger partial charge in [-0.3, -0.25) is 0 Å². The minimum Gasteiger partial charge on any atom is -0.461 e. The average Bonchev–Trinajstić information content (AvgIpc) is 2.78. The van der Waals surface area contributed by atoms with Crippen LogP contribution in [0.15, 0.2) is 18.5 Å². The van der Waals surface area contributed by atoms with E-state index < -0.39 is 5.97 Å². The van der Waals surface area contributed by atoms with E-state index in [1.807, 2.05) is 6.07 Å². The van der Waals surface area contributed by atoms with E-state index in [-0.39, 0.29) is 0 Å². The highest BCUT2D eigenvalue weighted by atomic mass is 16.5. The van der Waals surface area contributed by atoms with Crippen molar-refractivity contribution in [2.24, 2.45) is 0 Å². The molecule has 2 aromatic rings. The van der Waals surface area contributed by atoms with E-state index in [1.165, 1.54) is 0 Å². The minimum atomic E-state index is -0.414. The molecule has 0 unspecified atom stereocenters. The lowest BCUT2D eigenvalue weighted by atomic mass is 10.1. The van der Waals surface area contributed by atoms with Gasteiger partial charge in [-0.15, -0.1) is 0 Å². The largest absolute Gasteiger partial charge is 0.461 e. The number of hydrogen-bond acceptors (Lipinski definition) is 4. The summed E-state index contributed by atoms with van der Waals surface area (Å²) in [5.74, 6) is -0.414. The average molecular weight is 234 g/mol. The van der Waals surface area contributed by atoms with Gasteiger partial charge in [-0.25, -0.2) is 9.78 Å². The fraction of sp³-hybridized carbons (Fsp3) is 0.333. The monoisotopic (exact) mass is 234 g/mol. The maximum Gasteiger partial charge on any atom is 0.357 e. The standard InChI is InChI=1S/C12H14N2O3/c1-3-17-12(15)11-9(7-16-2)8-4-5-13-10(8)6-14-11/h4-6,13H,3,7H2,1-2H3. The Bertz CT molecular complexity index is 534. The number of ether oxygens (including phenoxy) is 2. The van der Waals surface area contributed by atoms with Crippen LogP contribution in [0.5, 0.6) is 0 Å². The lowest BCUT2D eigenvalue weighted by Crippen LogP contribution is -2.11. The van der Waals surface area contributed by atoms with Crippen LogP contribution in [0, 0.1) is 0 Å². The van der Waals surface area contributed by atoms with Gasteiger partial charge in [0.1, 0.15) is 0 Å². The maximum atomic E-state index is 11.8. The number of pyridine rings is 1. The number of H-pyrrole nitrogens is 1. The summed E-state index contributed by atoms with van der Waals surface area (Å²) in [6, 6.07) is 1.90. The SMILES string of the molecule is CCOC(=O)c1ncc2[nH]ccc2c1COC. The highest BCUT2D eigenvalue weighted by Crippen LogP contribution is 2.21. The van der Waals surface area contributed by atoms with Gasteiger partial charge < -0.3 is 14.5 Å². The van der Waals surface area contributed by atoms with E-state index >= 15 is 0 Å². The summed E-state index contributed by atoms with van der Waals surface area (Å²) < 4.78 is 10.1. The number of fused-ring (bicyclic) bond motifs is 1.